The highest BCUT2D eigenvalue weighted by Gasteiger charge is 2.14. The van der Waals surface area contributed by atoms with Gasteiger partial charge in [-0.25, -0.2) is 0 Å². The molecular weight excluding hydrogens is 421 g/mol. The summed E-state index contributed by atoms with van der Waals surface area (Å²) in [7, 11) is 0. The lowest BCUT2D eigenvalue weighted by Crippen LogP contribution is -2.16. The van der Waals surface area contributed by atoms with Gasteiger partial charge in [-0.2, -0.15) is 0 Å². The maximum Gasteiger partial charge on any atom is 0.180 e. The highest BCUT2D eigenvalue weighted by molar-refractivity contribution is 6.35. The molecule has 4 nitrogen and oxygen atoms in total. The van der Waals surface area contributed by atoms with Gasteiger partial charge in [0.25, 0.3) is 0 Å². The van der Waals surface area contributed by atoms with E-state index in [9.17, 15) is 0 Å². The van der Waals surface area contributed by atoms with E-state index >= 15 is 0 Å². The van der Waals surface area contributed by atoms with Crippen molar-refractivity contribution < 1.29 is 14.2 Å². The SMILES string of the molecule is CCOCCCNCc1cc(Cl)c(OCc2ccc(Cl)cc2Cl)c(OCC)c1. The first-order valence-corrected chi connectivity index (χ1v) is 10.5. The lowest BCUT2D eigenvalue weighted by Gasteiger charge is -2.16. The normalized spacial score (nSPS) is 10.9. The Kier molecular flexibility index (Phi) is 10.2. The zero-order chi connectivity index (χ0) is 20.4. The Bertz CT molecular complexity index is 756. The summed E-state index contributed by atoms with van der Waals surface area (Å²) >= 11 is 18.6. The van der Waals surface area contributed by atoms with Gasteiger partial charge in [-0.05, 0) is 56.6 Å². The molecule has 0 bridgehead atoms. The van der Waals surface area contributed by atoms with E-state index in [2.05, 4.69) is 5.32 Å². The highest BCUT2D eigenvalue weighted by atomic mass is 35.5. The fourth-order valence-corrected chi connectivity index (χ4v) is 3.34. The van der Waals surface area contributed by atoms with Crippen LogP contribution in [0.2, 0.25) is 15.1 Å². The third-order valence-corrected chi connectivity index (χ3v) is 4.80. The predicted octanol–water partition coefficient (Wildman–Crippen LogP) is 6.14. The maximum atomic E-state index is 6.48. The minimum atomic E-state index is 0.269. The molecule has 0 radical (unpaired) electrons. The smallest absolute Gasteiger partial charge is 0.180 e. The van der Waals surface area contributed by atoms with Crippen molar-refractivity contribution in [3.63, 3.8) is 0 Å². The van der Waals surface area contributed by atoms with Gasteiger partial charge in [-0.3, -0.25) is 0 Å². The van der Waals surface area contributed by atoms with Gasteiger partial charge in [0.1, 0.15) is 6.61 Å². The molecule has 0 fully saturated rings. The van der Waals surface area contributed by atoms with E-state index in [1.54, 1.807) is 12.1 Å². The van der Waals surface area contributed by atoms with Gasteiger partial charge in [0.15, 0.2) is 11.5 Å². The summed E-state index contributed by atoms with van der Waals surface area (Å²) in [5.74, 6) is 1.13. The average Bonchev–Trinajstić information content (AvgIpc) is 2.65. The van der Waals surface area contributed by atoms with Crippen LogP contribution in [-0.2, 0) is 17.9 Å². The Morgan fingerprint density at radius 2 is 1.75 bits per heavy atom. The summed E-state index contributed by atoms with van der Waals surface area (Å²) < 4.78 is 17.0. The van der Waals surface area contributed by atoms with Crippen LogP contribution in [0.1, 0.15) is 31.4 Å². The summed E-state index contributed by atoms with van der Waals surface area (Å²) in [4.78, 5) is 0. The third kappa shape index (κ3) is 7.34. The third-order valence-electron chi connectivity index (χ3n) is 3.93. The van der Waals surface area contributed by atoms with Crippen molar-refractivity contribution in [2.75, 3.05) is 26.4 Å². The largest absolute Gasteiger partial charge is 0.490 e. The molecule has 2 rings (SSSR count). The van der Waals surface area contributed by atoms with E-state index in [-0.39, 0.29) is 6.61 Å². The van der Waals surface area contributed by atoms with Gasteiger partial charge in [-0.1, -0.05) is 40.9 Å². The molecule has 7 heteroatoms. The van der Waals surface area contributed by atoms with Crippen molar-refractivity contribution in [3.05, 3.63) is 56.5 Å². The van der Waals surface area contributed by atoms with Gasteiger partial charge in [0.05, 0.1) is 11.6 Å². The molecule has 2 aromatic carbocycles. The first-order chi connectivity index (χ1) is 13.5. The Morgan fingerprint density at radius 3 is 2.46 bits per heavy atom. The van der Waals surface area contributed by atoms with Gasteiger partial charge < -0.3 is 19.5 Å². The quantitative estimate of drug-likeness (QED) is 0.397. The highest BCUT2D eigenvalue weighted by Crippen LogP contribution is 2.37. The van der Waals surface area contributed by atoms with Crippen LogP contribution in [0.5, 0.6) is 11.5 Å². The number of hydrogen-bond donors (Lipinski definition) is 1. The van der Waals surface area contributed by atoms with Crippen LogP contribution in [0, 0.1) is 0 Å². The topological polar surface area (TPSA) is 39.7 Å². The number of ether oxygens (including phenoxy) is 3. The Labute approximate surface area is 182 Å². The Balaban J connectivity index is 2.02. The standard InChI is InChI=1S/C21H26Cl3NO3/c1-3-26-9-5-8-25-13-15-10-19(24)21(20(11-15)27-4-2)28-14-16-6-7-17(22)12-18(16)23/h6-7,10-12,25H,3-5,8-9,13-14H2,1-2H3. The van der Waals surface area contributed by atoms with Crippen LogP contribution < -0.4 is 14.8 Å². The first-order valence-electron chi connectivity index (χ1n) is 9.35. The van der Waals surface area contributed by atoms with E-state index in [1.165, 1.54) is 0 Å². The van der Waals surface area contributed by atoms with Crippen molar-refractivity contribution in [2.24, 2.45) is 0 Å². The molecule has 0 spiro atoms. The van der Waals surface area contributed by atoms with Crippen molar-refractivity contribution in [3.8, 4) is 11.5 Å². The minimum absolute atomic E-state index is 0.269. The number of hydrogen-bond acceptors (Lipinski definition) is 4. The molecule has 0 aromatic heterocycles. The Morgan fingerprint density at radius 1 is 0.929 bits per heavy atom. The molecule has 0 saturated heterocycles. The summed E-state index contributed by atoms with van der Waals surface area (Å²) in [6.07, 6.45) is 0.961. The predicted molar refractivity (Wildman–Crippen MR) is 116 cm³/mol. The van der Waals surface area contributed by atoms with Crippen LogP contribution in [0.3, 0.4) is 0 Å². The summed E-state index contributed by atoms with van der Waals surface area (Å²) in [5, 5.41) is 5.02. The summed E-state index contributed by atoms with van der Waals surface area (Å²) in [5.41, 5.74) is 1.85. The lowest BCUT2D eigenvalue weighted by atomic mass is 10.2. The maximum absolute atomic E-state index is 6.48. The van der Waals surface area contributed by atoms with E-state index < -0.39 is 0 Å². The molecule has 0 amide bonds. The lowest BCUT2D eigenvalue weighted by molar-refractivity contribution is 0.144. The second kappa shape index (κ2) is 12.4. The van der Waals surface area contributed by atoms with Gasteiger partial charge in [0, 0.05) is 35.4 Å². The van der Waals surface area contributed by atoms with Crippen LogP contribution in [0.4, 0.5) is 0 Å². The molecule has 1 N–H and O–H groups in total. The fraction of sp³-hybridized carbons (Fsp3) is 0.429. The number of benzene rings is 2. The van der Waals surface area contributed by atoms with Crippen molar-refractivity contribution in [1.29, 1.82) is 0 Å². The van der Waals surface area contributed by atoms with Crippen LogP contribution in [0.15, 0.2) is 30.3 Å². The Hall–Kier alpha value is -1.17. The van der Waals surface area contributed by atoms with Gasteiger partial charge >= 0.3 is 0 Å². The number of halogens is 3. The van der Waals surface area contributed by atoms with E-state index in [1.807, 2.05) is 32.0 Å². The summed E-state index contributed by atoms with van der Waals surface area (Å²) in [6, 6.07) is 9.13. The molecule has 0 aliphatic heterocycles. The van der Waals surface area contributed by atoms with Gasteiger partial charge in [0.2, 0.25) is 0 Å². The van der Waals surface area contributed by atoms with Crippen molar-refractivity contribution in [1.82, 2.24) is 5.32 Å². The number of rotatable bonds is 12. The van der Waals surface area contributed by atoms with E-state index in [4.69, 9.17) is 49.0 Å². The monoisotopic (exact) mass is 445 g/mol. The number of nitrogens with one attached hydrogen (secondary N) is 1. The zero-order valence-corrected chi connectivity index (χ0v) is 18.5. The van der Waals surface area contributed by atoms with Crippen LogP contribution in [-0.4, -0.2) is 26.4 Å². The second-order valence-corrected chi connectivity index (χ2v) is 7.34. The zero-order valence-electron chi connectivity index (χ0n) is 16.2. The van der Waals surface area contributed by atoms with Crippen molar-refractivity contribution in [2.45, 2.75) is 33.4 Å². The first kappa shape index (κ1) is 23.1. The average molecular weight is 447 g/mol. The van der Waals surface area contributed by atoms with E-state index in [0.29, 0.717) is 39.7 Å². The molecule has 0 heterocycles. The molecule has 0 saturated carbocycles. The fourth-order valence-electron chi connectivity index (χ4n) is 2.59. The van der Waals surface area contributed by atoms with Crippen molar-refractivity contribution >= 4 is 34.8 Å². The minimum Gasteiger partial charge on any atom is -0.490 e. The molecule has 0 unspecified atom stereocenters. The molecule has 0 aliphatic rings. The summed E-state index contributed by atoms with van der Waals surface area (Å²) in [6.45, 7) is 7.76. The van der Waals surface area contributed by atoms with Crippen LogP contribution >= 0.6 is 34.8 Å². The molecule has 0 aliphatic carbocycles. The van der Waals surface area contributed by atoms with Gasteiger partial charge in [-0.15, -0.1) is 0 Å². The molecule has 154 valence electrons. The van der Waals surface area contributed by atoms with Crippen LogP contribution in [0.25, 0.3) is 0 Å². The second-order valence-electron chi connectivity index (χ2n) is 6.09. The molecule has 2 aromatic rings. The van der Waals surface area contributed by atoms with E-state index in [0.717, 1.165) is 37.3 Å². The molecular formula is C21H26Cl3NO3. The molecule has 28 heavy (non-hydrogen) atoms. The molecule has 0 atom stereocenters.